The quantitative estimate of drug-likeness (QED) is 0.616. The lowest BCUT2D eigenvalue weighted by Gasteiger charge is -2.05. The van der Waals surface area contributed by atoms with Crippen molar-refractivity contribution in [3.8, 4) is 11.8 Å². The largest absolute Gasteiger partial charge is 0.378 e. The maximum Gasteiger partial charge on any atom is 0.120 e. The molecule has 0 unspecified atom stereocenters. The summed E-state index contributed by atoms with van der Waals surface area (Å²) in [6.07, 6.45) is 0. The van der Waals surface area contributed by atoms with Gasteiger partial charge in [-0.3, -0.25) is 0 Å². The molecule has 1 heterocycles. The van der Waals surface area contributed by atoms with E-state index in [2.05, 4.69) is 16.2 Å². The van der Waals surface area contributed by atoms with Gasteiger partial charge in [-0.05, 0) is 38.4 Å². The molecular weight excluding hydrogens is 170 g/mol. The summed E-state index contributed by atoms with van der Waals surface area (Å²) in [4.78, 5) is 0.898. The van der Waals surface area contributed by atoms with Crippen molar-refractivity contribution in [3.63, 3.8) is 0 Å². The fraction of sp³-hybridized carbons (Fsp3) is 0.444. The van der Waals surface area contributed by atoms with Gasteiger partial charge < -0.3 is 5.11 Å². The summed E-state index contributed by atoms with van der Waals surface area (Å²) in [6, 6.07) is 1.91. The number of hydrogen-bond acceptors (Lipinski definition) is 3. The van der Waals surface area contributed by atoms with E-state index < -0.39 is 5.60 Å². The van der Waals surface area contributed by atoms with Gasteiger partial charge in [0.2, 0.25) is 0 Å². The van der Waals surface area contributed by atoms with Crippen LogP contribution in [0.25, 0.3) is 0 Å². The highest BCUT2D eigenvalue weighted by Crippen LogP contribution is 2.07. The molecule has 0 fully saturated rings. The zero-order valence-electron chi connectivity index (χ0n) is 7.38. The average Bonchev–Trinajstić information content (AvgIpc) is 2.30. The Kier molecular flexibility index (Phi) is 2.51. The molecule has 0 spiro atoms. The lowest BCUT2D eigenvalue weighted by molar-refractivity contribution is 0.143. The second-order valence-corrected chi connectivity index (χ2v) is 3.95. The van der Waals surface area contributed by atoms with Crippen molar-refractivity contribution in [1.82, 2.24) is 4.37 Å². The van der Waals surface area contributed by atoms with Crippen LogP contribution in [0.15, 0.2) is 6.07 Å². The highest BCUT2D eigenvalue weighted by Gasteiger charge is 2.05. The summed E-state index contributed by atoms with van der Waals surface area (Å²) in [7, 11) is 0. The number of nitrogens with zero attached hydrogens (tertiary/aromatic N) is 1. The van der Waals surface area contributed by atoms with Crippen molar-refractivity contribution in [2.24, 2.45) is 0 Å². The van der Waals surface area contributed by atoms with Crippen molar-refractivity contribution in [2.75, 3.05) is 0 Å². The number of aromatic nitrogens is 1. The molecule has 0 saturated carbocycles. The topological polar surface area (TPSA) is 33.1 Å². The molecule has 1 N–H and O–H groups in total. The third-order valence-electron chi connectivity index (χ3n) is 1.12. The lowest BCUT2D eigenvalue weighted by atomic mass is 10.1. The van der Waals surface area contributed by atoms with Gasteiger partial charge in [-0.25, -0.2) is 0 Å². The minimum absolute atomic E-state index is 0.898. The zero-order chi connectivity index (χ0) is 9.19. The van der Waals surface area contributed by atoms with E-state index in [-0.39, 0.29) is 0 Å². The Morgan fingerprint density at radius 3 is 2.67 bits per heavy atom. The smallest absolute Gasteiger partial charge is 0.120 e. The monoisotopic (exact) mass is 181 g/mol. The van der Waals surface area contributed by atoms with Crippen LogP contribution < -0.4 is 0 Å². The van der Waals surface area contributed by atoms with Gasteiger partial charge in [0.25, 0.3) is 0 Å². The molecule has 1 rings (SSSR count). The fourth-order valence-electron chi connectivity index (χ4n) is 0.637. The molecule has 1 aromatic rings. The van der Waals surface area contributed by atoms with Crippen LogP contribution in [0.5, 0.6) is 0 Å². The Morgan fingerprint density at radius 2 is 2.25 bits per heavy atom. The minimum atomic E-state index is -0.919. The zero-order valence-corrected chi connectivity index (χ0v) is 8.20. The molecule has 0 amide bonds. The Balaban J connectivity index is 2.80. The van der Waals surface area contributed by atoms with E-state index in [1.54, 1.807) is 13.8 Å². The van der Waals surface area contributed by atoms with E-state index in [1.807, 2.05) is 13.0 Å². The van der Waals surface area contributed by atoms with Crippen LogP contribution in [0, 0.1) is 18.8 Å². The maximum absolute atomic E-state index is 9.30. The van der Waals surface area contributed by atoms with Crippen LogP contribution in [-0.4, -0.2) is 15.1 Å². The van der Waals surface area contributed by atoms with Crippen molar-refractivity contribution >= 4 is 11.5 Å². The van der Waals surface area contributed by atoms with E-state index in [9.17, 15) is 5.11 Å². The molecular formula is C9H11NOS. The predicted molar refractivity (Wildman–Crippen MR) is 50.0 cm³/mol. The first kappa shape index (κ1) is 9.24. The first-order chi connectivity index (χ1) is 5.47. The van der Waals surface area contributed by atoms with Gasteiger partial charge in [-0.1, -0.05) is 11.8 Å². The first-order valence-corrected chi connectivity index (χ1v) is 4.43. The van der Waals surface area contributed by atoms with Crippen LogP contribution in [0.1, 0.15) is 24.4 Å². The molecule has 3 heteroatoms. The predicted octanol–water partition coefficient (Wildman–Crippen LogP) is 1.57. The number of aryl methyl sites for hydroxylation is 1. The molecule has 0 aliphatic rings. The highest BCUT2D eigenvalue weighted by molar-refractivity contribution is 7.06. The Hall–Kier alpha value is -0.850. The molecule has 0 aliphatic heterocycles. The lowest BCUT2D eigenvalue weighted by Crippen LogP contribution is -2.14. The Labute approximate surface area is 76.4 Å². The van der Waals surface area contributed by atoms with E-state index >= 15 is 0 Å². The van der Waals surface area contributed by atoms with Crippen LogP contribution in [0.4, 0.5) is 0 Å². The SMILES string of the molecule is Cc1cc(C#CC(C)(C)O)sn1. The van der Waals surface area contributed by atoms with Crippen LogP contribution >= 0.6 is 11.5 Å². The minimum Gasteiger partial charge on any atom is -0.378 e. The third-order valence-corrected chi connectivity index (χ3v) is 1.92. The summed E-state index contributed by atoms with van der Waals surface area (Å²) in [5.74, 6) is 5.59. The molecule has 0 saturated heterocycles. The van der Waals surface area contributed by atoms with Crippen molar-refractivity contribution in [3.05, 3.63) is 16.6 Å². The van der Waals surface area contributed by atoms with Crippen LogP contribution in [0.3, 0.4) is 0 Å². The standard InChI is InChI=1S/C9H11NOS/c1-7-6-8(12-10-7)4-5-9(2,3)11/h6,11H,1-3H3. The maximum atomic E-state index is 9.30. The number of aliphatic hydroxyl groups is 1. The van der Waals surface area contributed by atoms with Crippen LogP contribution in [0.2, 0.25) is 0 Å². The van der Waals surface area contributed by atoms with Gasteiger partial charge in [-0.2, -0.15) is 4.37 Å². The number of rotatable bonds is 0. The van der Waals surface area contributed by atoms with E-state index in [4.69, 9.17) is 0 Å². The van der Waals surface area contributed by atoms with Gasteiger partial charge in [0.1, 0.15) is 5.60 Å². The van der Waals surface area contributed by atoms with Crippen molar-refractivity contribution in [2.45, 2.75) is 26.4 Å². The van der Waals surface area contributed by atoms with Gasteiger partial charge in [0.15, 0.2) is 0 Å². The van der Waals surface area contributed by atoms with Gasteiger partial charge in [0.05, 0.1) is 10.6 Å². The summed E-state index contributed by atoms with van der Waals surface area (Å²) >= 11 is 1.36. The molecule has 64 valence electrons. The van der Waals surface area contributed by atoms with Crippen molar-refractivity contribution < 1.29 is 5.11 Å². The molecule has 0 radical (unpaired) electrons. The molecule has 0 bridgehead atoms. The average molecular weight is 181 g/mol. The second-order valence-electron chi connectivity index (χ2n) is 3.14. The van der Waals surface area contributed by atoms with Gasteiger partial charge in [0, 0.05) is 0 Å². The highest BCUT2D eigenvalue weighted by atomic mass is 32.1. The fourth-order valence-corrected chi connectivity index (χ4v) is 1.25. The first-order valence-electron chi connectivity index (χ1n) is 3.66. The normalized spacial score (nSPS) is 10.7. The van der Waals surface area contributed by atoms with E-state index in [0.29, 0.717) is 0 Å². The van der Waals surface area contributed by atoms with Crippen LogP contribution in [-0.2, 0) is 0 Å². The summed E-state index contributed by atoms with van der Waals surface area (Å²) < 4.78 is 4.07. The molecule has 1 aromatic heterocycles. The third kappa shape index (κ3) is 3.04. The van der Waals surface area contributed by atoms with Crippen molar-refractivity contribution in [1.29, 1.82) is 0 Å². The number of hydrogen-bond donors (Lipinski definition) is 1. The molecule has 12 heavy (non-hydrogen) atoms. The Bertz CT molecular complexity index is 324. The van der Waals surface area contributed by atoms with E-state index in [1.165, 1.54) is 11.5 Å². The molecule has 0 aliphatic carbocycles. The molecule has 0 aromatic carbocycles. The summed E-state index contributed by atoms with van der Waals surface area (Å²) in [5, 5.41) is 9.30. The molecule has 2 nitrogen and oxygen atoms in total. The van der Waals surface area contributed by atoms with Gasteiger partial charge >= 0.3 is 0 Å². The van der Waals surface area contributed by atoms with E-state index in [0.717, 1.165) is 10.6 Å². The molecule has 0 atom stereocenters. The summed E-state index contributed by atoms with van der Waals surface area (Å²) in [5.41, 5.74) is 0.0535. The summed E-state index contributed by atoms with van der Waals surface area (Å²) in [6.45, 7) is 5.24. The second kappa shape index (κ2) is 3.26. The van der Waals surface area contributed by atoms with Gasteiger partial charge in [-0.15, -0.1) is 0 Å². The Morgan fingerprint density at radius 1 is 1.58 bits per heavy atom.